The molecular weight excluding hydrogens is 92.1 g/mol. The van der Waals surface area contributed by atoms with Crippen LogP contribution >= 0.6 is 0 Å². The number of ketones is 1. The fourth-order valence-corrected chi connectivity index (χ4v) is 0.219. The van der Waals surface area contributed by atoms with Gasteiger partial charge in [-0.05, 0) is 6.92 Å². The Kier molecular flexibility index (Phi) is 2.05. The molecule has 0 heterocycles. The van der Waals surface area contributed by atoms with Gasteiger partial charge < -0.3 is 5.73 Å². The van der Waals surface area contributed by atoms with E-state index in [4.69, 9.17) is 11.1 Å². The van der Waals surface area contributed by atoms with Crippen LogP contribution in [0.5, 0.6) is 0 Å². The second-order valence-corrected chi connectivity index (χ2v) is 1.21. The number of amidine groups is 1. The lowest BCUT2D eigenvalue weighted by molar-refractivity contribution is -0.113. The summed E-state index contributed by atoms with van der Waals surface area (Å²) in [6, 6.07) is 0. The molecule has 3 nitrogen and oxygen atoms in total. The highest BCUT2D eigenvalue weighted by molar-refractivity contribution is 6.08. The summed E-state index contributed by atoms with van der Waals surface area (Å²) < 4.78 is 0. The molecular formula is C4H7N2O. The summed E-state index contributed by atoms with van der Waals surface area (Å²) >= 11 is 0. The van der Waals surface area contributed by atoms with E-state index in [1.807, 2.05) is 0 Å². The Morgan fingerprint density at radius 1 is 1.86 bits per heavy atom. The molecule has 0 atom stereocenters. The number of hydrogen-bond donors (Lipinski definition) is 2. The molecule has 0 bridgehead atoms. The van der Waals surface area contributed by atoms with E-state index in [0.29, 0.717) is 0 Å². The SMILES string of the molecule is CC(=O)[CH]C(=N)N. The van der Waals surface area contributed by atoms with Crippen LogP contribution in [-0.2, 0) is 4.79 Å². The Morgan fingerprint density at radius 2 is 2.29 bits per heavy atom. The van der Waals surface area contributed by atoms with Crippen LogP contribution in [0.3, 0.4) is 0 Å². The van der Waals surface area contributed by atoms with Crippen molar-refractivity contribution in [2.45, 2.75) is 6.92 Å². The summed E-state index contributed by atoms with van der Waals surface area (Å²) in [7, 11) is 0. The quantitative estimate of drug-likeness (QED) is 0.369. The number of nitrogens with two attached hydrogens (primary N) is 1. The number of hydrogen-bond acceptors (Lipinski definition) is 2. The molecule has 0 aliphatic heterocycles. The van der Waals surface area contributed by atoms with Gasteiger partial charge in [0.25, 0.3) is 0 Å². The molecule has 0 aliphatic rings. The van der Waals surface area contributed by atoms with Gasteiger partial charge in [0.05, 0.1) is 6.42 Å². The lowest BCUT2D eigenvalue weighted by atomic mass is 10.3. The standard InChI is InChI=1S/C4H7N2O/c1-3(7)2-4(5)6/h2H,1H3,(H3,5,6). The fraction of sp³-hybridized carbons (Fsp3) is 0.250. The molecule has 39 valence electrons. The van der Waals surface area contributed by atoms with Crippen molar-refractivity contribution in [3.05, 3.63) is 6.42 Å². The molecule has 0 saturated heterocycles. The van der Waals surface area contributed by atoms with E-state index in [0.717, 1.165) is 6.42 Å². The summed E-state index contributed by atoms with van der Waals surface area (Å²) in [6.45, 7) is 1.35. The maximum absolute atomic E-state index is 9.98. The summed E-state index contributed by atoms with van der Waals surface area (Å²) in [5, 5.41) is 6.53. The monoisotopic (exact) mass is 99.1 g/mol. The van der Waals surface area contributed by atoms with Gasteiger partial charge in [-0.3, -0.25) is 10.2 Å². The normalized spacial score (nSPS) is 8.14. The maximum Gasteiger partial charge on any atom is 0.141 e. The largest absolute Gasteiger partial charge is 0.387 e. The van der Waals surface area contributed by atoms with Crippen molar-refractivity contribution in [2.75, 3.05) is 0 Å². The summed E-state index contributed by atoms with van der Waals surface area (Å²) in [5.41, 5.74) is 4.80. The first kappa shape index (κ1) is 6.14. The van der Waals surface area contributed by atoms with Gasteiger partial charge in [0.1, 0.15) is 11.6 Å². The average molecular weight is 99.1 g/mol. The molecule has 0 fully saturated rings. The topological polar surface area (TPSA) is 66.9 Å². The molecule has 0 rings (SSSR count). The zero-order valence-corrected chi connectivity index (χ0v) is 4.06. The van der Waals surface area contributed by atoms with Gasteiger partial charge in [-0.15, -0.1) is 0 Å². The molecule has 0 unspecified atom stereocenters. The average Bonchev–Trinajstić information content (AvgIpc) is 1.27. The highest BCUT2D eigenvalue weighted by Gasteiger charge is 1.92. The van der Waals surface area contributed by atoms with E-state index < -0.39 is 0 Å². The van der Waals surface area contributed by atoms with E-state index in [1.54, 1.807) is 0 Å². The highest BCUT2D eigenvalue weighted by Crippen LogP contribution is 1.73. The molecule has 3 N–H and O–H groups in total. The third-order valence-corrected chi connectivity index (χ3v) is 0.359. The van der Waals surface area contributed by atoms with Gasteiger partial charge in [-0.25, -0.2) is 0 Å². The molecule has 0 saturated carbocycles. The van der Waals surface area contributed by atoms with Gasteiger partial charge in [-0.1, -0.05) is 0 Å². The van der Waals surface area contributed by atoms with Crippen molar-refractivity contribution in [3.63, 3.8) is 0 Å². The van der Waals surface area contributed by atoms with Gasteiger partial charge in [0.15, 0.2) is 0 Å². The second kappa shape index (κ2) is 2.34. The number of carbonyl (C=O) groups is 1. The molecule has 0 aromatic carbocycles. The predicted molar refractivity (Wildman–Crippen MR) is 26.9 cm³/mol. The van der Waals surface area contributed by atoms with Crippen LogP contribution in [0, 0.1) is 11.8 Å². The zero-order chi connectivity index (χ0) is 5.86. The summed E-state index contributed by atoms with van der Waals surface area (Å²) in [4.78, 5) is 9.98. The van der Waals surface area contributed by atoms with Crippen molar-refractivity contribution >= 4 is 11.6 Å². The molecule has 0 aliphatic carbocycles. The molecule has 0 aromatic rings. The fourth-order valence-electron chi connectivity index (χ4n) is 0.219. The lowest BCUT2D eigenvalue weighted by Crippen LogP contribution is -2.13. The summed E-state index contributed by atoms with van der Waals surface area (Å²) in [6.07, 6.45) is 1.06. The first-order chi connectivity index (χ1) is 3.13. The number of carbonyl (C=O) groups excluding carboxylic acids is 1. The Hall–Kier alpha value is -0.860. The van der Waals surface area contributed by atoms with E-state index in [-0.39, 0.29) is 11.6 Å². The van der Waals surface area contributed by atoms with Crippen molar-refractivity contribution < 1.29 is 4.79 Å². The number of rotatable bonds is 2. The van der Waals surface area contributed by atoms with Crippen molar-refractivity contribution in [1.29, 1.82) is 5.41 Å². The second-order valence-electron chi connectivity index (χ2n) is 1.21. The van der Waals surface area contributed by atoms with Crippen LogP contribution in [-0.4, -0.2) is 11.6 Å². The van der Waals surface area contributed by atoms with Gasteiger partial charge >= 0.3 is 0 Å². The molecule has 0 aromatic heterocycles. The summed E-state index contributed by atoms with van der Waals surface area (Å²) in [5.74, 6) is -0.375. The van der Waals surface area contributed by atoms with E-state index in [1.165, 1.54) is 6.92 Å². The molecule has 0 amide bonds. The minimum Gasteiger partial charge on any atom is -0.387 e. The van der Waals surface area contributed by atoms with E-state index >= 15 is 0 Å². The van der Waals surface area contributed by atoms with Crippen molar-refractivity contribution in [3.8, 4) is 0 Å². The Bertz CT molecular complexity index is 85.9. The van der Waals surface area contributed by atoms with Crippen molar-refractivity contribution in [1.82, 2.24) is 0 Å². The van der Waals surface area contributed by atoms with Gasteiger partial charge in [0, 0.05) is 0 Å². The Balaban J connectivity index is 3.32. The Labute approximate surface area is 42.0 Å². The van der Waals surface area contributed by atoms with Crippen LogP contribution < -0.4 is 5.73 Å². The van der Waals surface area contributed by atoms with Crippen LogP contribution in [0.2, 0.25) is 0 Å². The third-order valence-electron chi connectivity index (χ3n) is 0.359. The van der Waals surface area contributed by atoms with E-state index in [9.17, 15) is 4.79 Å². The van der Waals surface area contributed by atoms with Crippen LogP contribution in [0.4, 0.5) is 0 Å². The molecule has 3 heteroatoms. The zero-order valence-electron chi connectivity index (χ0n) is 4.06. The van der Waals surface area contributed by atoms with Crippen molar-refractivity contribution in [2.24, 2.45) is 5.73 Å². The number of Topliss-reactive ketones (excluding diaryl/α,β-unsaturated/α-hetero) is 1. The van der Waals surface area contributed by atoms with Crippen LogP contribution in [0.1, 0.15) is 6.92 Å². The third kappa shape index (κ3) is 5.14. The van der Waals surface area contributed by atoms with Crippen LogP contribution in [0.15, 0.2) is 0 Å². The number of nitrogens with one attached hydrogen (secondary N) is 1. The van der Waals surface area contributed by atoms with Gasteiger partial charge in [0.2, 0.25) is 0 Å². The predicted octanol–water partition coefficient (Wildman–Crippen LogP) is -0.284. The molecule has 0 spiro atoms. The molecule has 7 heavy (non-hydrogen) atoms. The van der Waals surface area contributed by atoms with E-state index in [2.05, 4.69) is 0 Å². The minimum absolute atomic E-state index is 0.187. The minimum atomic E-state index is -0.187. The molecule has 1 radical (unpaired) electrons. The lowest BCUT2D eigenvalue weighted by Gasteiger charge is -1.85. The Morgan fingerprint density at radius 3 is 2.29 bits per heavy atom. The smallest absolute Gasteiger partial charge is 0.141 e. The maximum atomic E-state index is 9.98. The first-order valence-electron chi connectivity index (χ1n) is 1.82. The highest BCUT2D eigenvalue weighted by atomic mass is 16.1. The first-order valence-corrected chi connectivity index (χ1v) is 1.82. The van der Waals surface area contributed by atoms with Gasteiger partial charge in [-0.2, -0.15) is 0 Å². The van der Waals surface area contributed by atoms with Crippen LogP contribution in [0.25, 0.3) is 0 Å².